The number of carbonyl (C=O) groups is 4. The van der Waals surface area contributed by atoms with Gasteiger partial charge in [0.25, 0.3) is 16.8 Å². The Labute approximate surface area is 217 Å². The first kappa shape index (κ1) is 26.5. The summed E-state index contributed by atoms with van der Waals surface area (Å²) in [5.74, 6) is -2.18. The van der Waals surface area contributed by atoms with Crippen molar-refractivity contribution >= 4 is 87.0 Å². The Morgan fingerprint density at radius 2 is 1.86 bits per heavy atom. The van der Waals surface area contributed by atoms with Gasteiger partial charge < -0.3 is 10.1 Å². The van der Waals surface area contributed by atoms with Crippen LogP contribution in [-0.2, 0) is 14.3 Å². The summed E-state index contributed by atoms with van der Waals surface area (Å²) < 4.78 is 4.90. The van der Waals surface area contributed by atoms with Crippen molar-refractivity contribution < 1.29 is 28.8 Å². The number of nitrogens with one attached hydrogen (secondary N) is 1. The van der Waals surface area contributed by atoms with Gasteiger partial charge in [0.1, 0.15) is 11.6 Å². The van der Waals surface area contributed by atoms with Crippen LogP contribution in [0.3, 0.4) is 0 Å². The quantitative estimate of drug-likeness (QED) is 0.206. The zero-order valence-corrected chi connectivity index (χ0v) is 20.8. The third-order valence-electron chi connectivity index (χ3n) is 4.47. The van der Waals surface area contributed by atoms with Crippen molar-refractivity contribution in [3.63, 3.8) is 0 Å². The van der Waals surface area contributed by atoms with Crippen LogP contribution in [0.4, 0.5) is 16.2 Å². The molecule has 1 saturated heterocycles. The van der Waals surface area contributed by atoms with Gasteiger partial charge in [0.05, 0.1) is 27.0 Å². The highest BCUT2D eigenvalue weighted by Gasteiger charge is 2.36. The van der Waals surface area contributed by atoms with E-state index in [-0.39, 0.29) is 43.4 Å². The lowest BCUT2D eigenvalue weighted by molar-refractivity contribution is -0.384. The molecule has 0 saturated carbocycles. The molecule has 1 fully saturated rings. The molecule has 3 amide bonds. The predicted octanol–water partition coefficient (Wildman–Crippen LogP) is 5.41. The summed E-state index contributed by atoms with van der Waals surface area (Å²) >= 11 is 18.4. The fourth-order valence-electron chi connectivity index (χ4n) is 2.89. The Bertz CT molecular complexity index is 1300. The van der Waals surface area contributed by atoms with Crippen LogP contribution in [-0.4, -0.2) is 46.0 Å². The van der Waals surface area contributed by atoms with E-state index in [4.69, 9.17) is 39.5 Å². The summed E-state index contributed by atoms with van der Waals surface area (Å²) in [4.78, 5) is 60.6. The van der Waals surface area contributed by atoms with Gasteiger partial charge in [-0.1, -0.05) is 34.8 Å². The maximum atomic E-state index is 12.7. The standard InChI is InChI=1S/C21H14Cl3N3O7S/c1-2-34-20(30)12-7-11(3-4-13(12)22)25-18(28)9-26-19(29)17(35-21(26)31)6-10-5-16(27(32)33)15(24)8-14(10)23/h3-8H,2,9H2,1H3,(H,25,28)/b17-6-. The van der Waals surface area contributed by atoms with E-state index < -0.39 is 40.2 Å². The normalized spacial score (nSPS) is 14.4. The summed E-state index contributed by atoms with van der Waals surface area (Å²) in [5, 5.41) is 12.8. The molecule has 2 aromatic rings. The molecule has 182 valence electrons. The van der Waals surface area contributed by atoms with Gasteiger partial charge in [-0.3, -0.25) is 29.4 Å². The number of nitrogens with zero attached hydrogens (tertiary/aromatic N) is 2. The van der Waals surface area contributed by atoms with Crippen molar-refractivity contribution in [1.82, 2.24) is 4.90 Å². The largest absolute Gasteiger partial charge is 0.462 e. The SMILES string of the molecule is CCOC(=O)c1cc(NC(=O)CN2C(=O)S/C(=C\c3cc([N+](=O)[O-])c(Cl)cc3Cl)C2=O)ccc1Cl. The second-order valence-electron chi connectivity index (χ2n) is 6.81. The summed E-state index contributed by atoms with van der Waals surface area (Å²) in [6, 6.07) is 6.36. The van der Waals surface area contributed by atoms with Crippen LogP contribution >= 0.6 is 46.6 Å². The number of esters is 1. The lowest BCUT2D eigenvalue weighted by Gasteiger charge is -2.13. The maximum Gasteiger partial charge on any atom is 0.339 e. The zero-order chi connectivity index (χ0) is 25.9. The molecule has 0 aliphatic carbocycles. The Hall–Kier alpha value is -3.12. The molecule has 0 atom stereocenters. The average Bonchev–Trinajstić information content (AvgIpc) is 3.04. The number of rotatable bonds is 7. The minimum absolute atomic E-state index is 0.0327. The van der Waals surface area contributed by atoms with Gasteiger partial charge in [-0.2, -0.15) is 0 Å². The predicted molar refractivity (Wildman–Crippen MR) is 132 cm³/mol. The number of nitro groups is 1. The van der Waals surface area contributed by atoms with Crippen molar-refractivity contribution in [2.45, 2.75) is 6.92 Å². The van der Waals surface area contributed by atoms with Crippen LogP contribution in [0.15, 0.2) is 35.2 Å². The third kappa shape index (κ3) is 6.12. The Morgan fingerprint density at radius 1 is 1.14 bits per heavy atom. The van der Waals surface area contributed by atoms with Gasteiger partial charge in [-0.25, -0.2) is 4.79 Å². The van der Waals surface area contributed by atoms with Gasteiger partial charge in [-0.15, -0.1) is 0 Å². The van der Waals surface area contributed by atoms with Crippen LogP contribution in [0.25, 0.3) is 6.08 Å². The molecule has 1 aliphatic heterocycles. The van der Waals surface area contributed by atoms with E-state index in [0.29, 0.717) is 16.7 Å². The molecule has 0 spiro atoms. The van der Waals surface area contributed by atoms with Gasteiger partial charge in [0, 0.05) is 22.3 Å². The van der Waals surface area contributed by atoms with E-state index in [9.17, 15) is 29.3 Å². The number of hydrogen-bond acceptors (Lipinski definition) is 8. The topological polar surface area (TPSA) is 136 Å². The maximum absolute atomic E-state index is 12.7. The Balaban J connectivity index is 1.76. The third-order valence-corrected chi connectivity index (χ3v) is 6.34. The molecule has 1 N–H and O–H groups in total. The number of imide groups is 1. The molecule has 0 aromatic heterocycles. The van der Waals surface area contributed by atoms with E-state index in [1.165, 1.54) is 24.3 Å². The number of benzene rings is 2. The zero-order valence-electron chi connectivity index (χ0n) is 17.7. The second kappa shape index (κ2) is 11.1. The summed E-state index contributed by atoms with van der Waals surface area (Å²) in [7, 11) is 0. The first-order valence-corrected chi connectivity index (χ1v) is 11.6. The Kier molecular flexibility index (Phi) is 8.39. The number of ether oxygens (including phenoxy) is 1. The first-order chi connectivity index (χ1) is 16.5. The van der Waals surface area contributed by atoms with Gasteiger partial charge in [-0.05, 0) is 49.0 Å². The fourth-order valence-corrected chi connectivity index (χ4v) is 4.42. The molecule has 14 heteroatoms. The summed E-state index contributed by atoms with van der Waals surface area (Å²) in [6.07, 6.45) is 1.21. The highest BCUT2D eigenvalue weighted by molar-refractivity contribution is 8.18. The fraction of sp³-hybridized carbons (Fsp3) is 0.143. The highest BCUT2D eigenvalue weighted by Crippen LogP contribution is 2.36. The number of hydrogen-bond donors (Lipinski definition) is 1. The van der Waals surface area contributed by atoms with Crippen molar-refractivity contribution in [1.29, 1.82) is 0 Å². The molecule has 10 nitrogen and oxygen atoms in total. The molecule has 0 unspecified atom stereocenters. The highest BCUT2D eigenvalue weighted by atomic mass is 35.5. The molecule has 0 bridgehead atoms. The number of anilines is 1. The summed E-state index contributed by atoms with van der Waals surface area (Å²) in [6.45, 7) is 1.14. The van der Waals surface area contributed by atoms with Crippen LogP contribution < -0.4 is 5.32 Å². The Morgan fingerprint density at radius 3 is 2.51 bits per heavy atom. The molecule has 3 rings (SSSR count). The molecule has 35 heavy (non-hydrogen) atoms. The molecule has 2 aromatic carbocycles. The summed E-state index contributed by atoms with van der Waals surface area (Å²) in [5.41, 5.74) is -0.0870. The van der Waals surface area contributed by atoms with E-state index in [0.717, 1.165) is 12.1 Å². The van der Waals surface area contributed by atoms with Crippen molar-refractivity contribution in [2.75, 3.05) is 18.5 Å². The van der Waals surface area contributed by atoms with Crippen molar-refractivity contribution in [3.05, 3.63) is 71.5 Å². The molecular weight excluding hydrogens is 545 g/mol. The molecule has 0 radical (unpaired) electrons. The van der Waals surface area contributed by atoms with Crippen LogP contribution in [0.1, 0.15) is 22.8 Å². The average molecular weight is 559 g/mol. The van der Waals surface area contributed by atoms with E-state index in [1.807, 2.05) is 0 Å². The number of thioether (sulfide) groups is 1. The number of amides is 3. The first-order valence-electron chi connectivity index (χ1n) is 9.67. The molecule has 1 heterocycles. The van der Waals surface area contributed by atoms with E-state index in [2.05, 4.69) is 5.32 Å². The van der Waals surface area contributed by atoms with Gasteiger partial charge in [0.15, 0.2) is 0 Å². The molecule has 1 aliphatic rings. The van der Waals surface area contributed by atoms with Crippen LogP contribution in [0, 0.1) is 10.1 Å². The van der Waals surface area contributed by atoms with Crippen LogP contribution in [0.2, 0.25) is 15.1 Å². The van der Waals surface area contributed by atoms with Crippen LogP contribution in [0.5, 0.6) is 0 Å². The van der Waals surface area contributed by atoms with E-state index >= 15 is 0 Å². The van der Waals surface area contributed by atoms with Gasteiger partial charge >= 0.3 is 5.97 Å². The number of halogens is 3. The second-order valence-corrected chi connectivity index (χ2v) is 9.03. The smallest absolute Gasteiger partial charge is 0.339 e. The van der Waals surface area contributed by atoms with Gasteiger partial charge in [0.2, 0.25) is 5.91 Å². The lowest BCUT2D eigenvalue weighted by atomic mass is 10.2. The minimum Gasteiger partial charge on any atom is -0.462 e. The van der Waals surface area contributed by atoms with Crippen molar-refractivity contribution in [2.24, 2.45) is 0 Å². The molecular formula is C21H14Cl3N3O7S. The van der Waals surface area contributed by atoms with E-state index in [1.54, 1.807) is 6.92 Å². The lowest BCUT2D eigenvalue weighted by Crippen LogP contribution is -2.36. The minimum atomic E-state index is -0.785. The number of nitro benzene ring substituents is 1. The number of carbonyl (C=O) groups excluding carboxylic acids is 4. The van der Waals surface area contributed by atoms with Crippen molar-refractivity contribution in [3.8, 4) is 0 Å². The monoisotopic (exact) mass is 557 g/mol.